The molecule has 2 aromatic rings. The highest BCUT2D eigenvalue weighted by molar-refractivity contribution is 7.12. The summed E-state index contributed by atoms with van der Waals surface area (Å²) >= 11 is 3.68. The molecule has 0 radical (unpaired) electrons. The molecule has 0 fully saturated rings. The number of thiophene rings is 1. The van der Waals surface area contributed by atoms with E-state index in [0.717, 1.165) is 10.7 Å². The van der Waals surface area contributed by atoms with Gasteiger partial charge in [0, 0.05) is 26.7 Å². The standard InChI is InChI=1S/C15H22N2S2/c1-8-7-14(12(5)18-8)9(2)16-10(3)15-11(4)17-13(6)19-15/h7,9-10,16H,1-6H3. The second kappa shape index (κ2) is 5.73. The minimum Gasteiger partial charge on any atom is -0.303 e. The fraction of sp³-hybridized carbons (Fsp3) is 0.533. The highest BCUT2D eigenvalue weighted by Crippen LogP contribution is 2.30. The monoisotopic (exact) mass is 294 g/mol. The molecule has 19 heavy (non-hydrogen) atoms. The van der Waals surface area contributed by atoms with Crippen LogP contribution in [0.4, 0.5) is 0 Å². The molecule has 4 heteroatoms. The van der Waals surface area contributed by atoms with Crippen LogP contribution in [0.2, 0.25) is 0 Å². The van der Waals surface area contributed by atoms with Crippen LogP contribution in [-0.2, 0) is 0 Å². The Balaban J connectivity index is 2.12. The highest BCUT2D eigenvalue weighted by Gasteiger charge is 2.17. The Bertz CT molecular complexity index is 518. The lowest BCUT2D eigenvalue weighted by Crippen LogP contribution is -2.22. The molecule has 0 aliphatic carbocycles. The maximum atomic E-state index is 4.51. The summed E-state index contributed by atoms with van der Waals surface area (Å²) < 4.78 is 0. The van der Waals surface area contributed by atoms with Gasteiger partial charge in [0.05, 0.1) is 10.7 Å². The molecule has 0 saturated carbocycles. The zero-order valence-corrected chi connectivity index (χ0v) is 14.1. The van der Waals surface area contributed by atoms with Gasteiger partial charge in [0.15, 0.2) is 0 Å². The molecular formula is C15H22N2S2. The van der Waals surface area contributed by atoms with Crippen molar-refractivity contribution >= 4 is 22.7 Å². The van der Waals surface area contributed by atoms with Crippen LogP contribution in [-0.4, -0.2) is 4.98 Å². The lowest BCUT2D eigenvalue weighted by Gasteiger charge is -2.19. The molecule has 1 N–H and O–H groups in total. The minimum atomic E-state index is 0.348. The van der Waals surface area contributed by atoms with E-state index in [-0.39, 0.29) is 0 Å². The van der Waals surface area contributed by atoms with E-state index in [9.17, 15) is 0 Å². The molecule has 2 unspecified atom stereocenters. The first kappa shape index (κ1) is 14.7. The van der Waals surface area contributed by atoms with Crippen LogP contribution in [0.5, 0.6) is 0 Å². The Morgan fingerprint density at radius 1 is 1.05 bits per heavy atom. The van der Waals surface area contributed by atoms with E-state index in [1.54, 1.807) is 11.3 Å². The van der Waals surface area contributed by atoms with E-state index in [0.29, 0.717) is 12.1 Å². The van der Waals surface area contributed by atoms with Gasteiger partial charge in [-0.15, -0.1) is 22.7 Å². The number of nitrogens with one attached hydrogen (secondary N) is 1. The van der Waals surface area contributed by atoms with Gasteiger partial charge >= 0.3 is 0 Å². The van der Waals surface area contributed by atoms with Crippen molar-refractivity contribution in [2.45, 2.75) is 53.6 Å². The Hall–Kier alpha value is -0.710. The first-order valence-corrected chi connectivity index (χ1v) is 8.28. The number of aryl methyl sites for hydroxylation is 4. The molecule has 2 rings (SSSR count). The third-order valence-corrected chi connectivity index (χ3v) is 5.62. The third kappa shape index (κ3) is 3.25. The summed E-state index contributed by atoms with van der Waals surface area (Å²) in [5, 5.41) is 4.85. The van der Waals surface area contributed by atoms with Crippen molar-refractivity contribution < 1.29 is 0 Å². The predicted molar refractivity (Wildman–Crippen MR) is 85.3 cm³/mol. The second-order valence-electron chi connectivity index (χ2n) is 5.16. The van der Waals surface area contributed by atoms with Crippen LogP contribution >= 0.6 is 22.7 Å². The summed E-state index contributed by atoms with van der Waals surface area (Å²) in [5.41, 5.74) is 2.58. The molecule has 2 aromatic heterocycles. The SMILES string of the molecule is Cc1cc(C(C)NC(C)c2sc(C)nc2C)c(C)s1. The zero-order valence-electron chi connectivity index (χ0n) is 12.5. The Kier molecular flexibility index (Phi) is 4.43. The number of rotatable bonds is 4. The fourth-order valence-electron chi connectivity index (χ4n) is 2.57. The van der Waals surface area contributed by atoms with Gasteiger partial charge < -0.3 is 5.32 Å². The summed E-state index contributed by atoms with van der Waals surface area (Å²) in [5.74, 6) is 0. The largest absolute Gasteiger partial charge is 0.303 e. The summed E-state index contributed by atoms with van der Waals surface area (Å²) in [7, 11) is 0. The first-order chi connectivity index (χ1) is 8.88. The van der Waals surface area contributed by atoms with Gasteiger partial charge in [0.2, 0.25) is 0 Å². The molecule has 0 aromatic carbocycles. The van der Waals surface area contributed by atoms with Gasteiger partial charge in [-0.05, 0) is 53.2 Å². The molecule has 0 bridgehead atoms. The van der Waals surface area contributed by atoms with Gasteiger partial charge in [-0.25, -0.2) is 4.98 Å². The van der Waals surface area contributed by atoms with Crippen LogP contribution in [0, 0.1) is 27.7 Å². The number of thiazole rings is 1. The molecule has 0 amide bonds. The van der Waals surface area contributed by atoms with Gasteiger partial charge in [0.1, 0.15) is 0 Å². The van der Waals surface area contributed by atoms with Crippen LogP contribution in [0.3, 0.4) is 0 Å². The van der Waals surface area contributed by atoms with E-state index in [1.807, 2.05) is 11.3 Å². The lowest BCUT2D eigenvalue weighted by molar-refractivity contribution is 0.497. The smallest absolute Gasteiger partial charge is 0.0900 e. The fourth-order valence-corrected chi connectivity index (χ4v) is 4.53. The van der Waals surface area contributed by atoms with E-state index in [2.05, 4.69) is 57.9 Å². The van der Waals surface area contributed by atoms with Crippen LogP contribution in [0.1, 0.15) is 56.8 Å². The molecule has 0 saturated heterocycles. The van der Waals surface area contributed by atoms with Gasteiger partial charge in [-0.1, -0.05) is 0 Å². The molecular weight excluding hydrogens is 272 g/mol. The number of aromatic nitrogens is 1. The number of hydrogen-bond acceptors (Lipinski definition) is 4. The Morgan fingerprint density at radius 2 is 1.74 bits per heavy atom. The third-order valence-electron chi connectivity index (χ3n) is 3.38. The van der Waals surface area contributed by atoms with E-state index < -0.39 is 0 Å². The lowest BCUT2D eigenvalue weighted by atomic mass is 10.1. The summed E-state index contributed by atoms with van der Waals surface area (Å²) in [6, 6.07) is 3.03. The molecule has 2 heterocycles. The van der Waals surface area contributed by atoms with Crippen LogP contribution < -0.4 is 5.32 Å². The Labute approximate surface area is 123 Å². The number of hydrogen-bond donors (Lipinski definition) is 1. The predicted octanol–water partition coefficient (Wildman–Crippen LogP) is 4.85. The molecule has 0 spiro atoms. The Morgan fingerprint density at radius 3 is 2.21 bits per heavy atom. The summed E-state index contributed by atoms with van der Waals surface area (Å²) in [6.07, 6.45) is 0. The summed E-state index contributed by atoms with van der Waals surface area (Å²) in [4.78, 5) is 8.68. The van der Waals surface area contributed by atoms with Gasteiger partial charge in [-0.2, -0.15) is 0 Å². The van der Waals surface area contributed by atoms with E-state index in [1.165, 1.54) is 20.2 Å². The zero-order chi connectivity index (χ0) is 14.2. The molecule has 104 valence electrons. The van der Waals surface area contributed by atoms with Crippen LogP contribution in [0.25, 0.3) is 0 Å². The highest BCUT2D eigenvalue weighted by atomic mass is 32.1. The maximum Gasteiger partial charge on any atom is 0.0900 e. The maximum absolute atomic E-state index is 4.51. The minimum absolute atomic E-state index is 0.348. The normalized spacial score (nSPS) is 14.6. The van der Waals surface area contributed by atoms with E-state index in [4.69, 9.17) is 0 Å². The van der Waals surface area contributed by atoms with Crippen molar-refractivity contribution in [3.05, 3.63) is 37.0 Å². The topological polar surface area (TPSA) is 24.9 Å². The van der Waals surface area contributed by atoms with Crippen molar-refractivity contribution in [1.82, 2.24) is 10.3 Å². The van der Waals surface area contributed by atoms with E-state index >= 15 is 0 Å². The van der Waals surface area contributed by atoms with Crippen LogP contribution in [0.15, 0.2) is 6.07 Å². The molecule has 0 aliphatic rings. The molecule has 0 aliphatic heterocycles. The summed E-state index contributed by atoms with van der Waals surface area (Å²) in [6.45, 7) is 13.0. The van der Waals surface area contributed by atoms with Gasteiger partial charge in [0.25, 0.3) is 0 Å². The van der Waals surface area contributed by atoms with Gasteiger partial charge in [-0.3, -0.25) is 0 Å². The number of nitrogens with zero attached hydrogens (tertiary/aromatic N) is 1. The quantitative estimate of drug-likeness (QED) is 0.872. The second-order valence-corrected chi connectivity index (χ2v) is 7.86. The molecule has 2 atom stereocenters. The van der Waals surface area contributed by atoms with Crippen molar-refractivity contribution in [3.8, 4) is 0 Å². The average Bonchev–Trinajstić information content (AvgIpc) is 2.81. The van der Waals surface area contributed by atoms with Crippen molar-refractivity contribution in [3.63, 3.8) is 0 Å². The van der Waals surface area contributed by atoms with Crippen molar-refractivity contribution in [1.29, 1.82) is 0 Å². The average molecular weight is 294 g/mol. The van der Waals surface area contributed by atoms with Crippen molar-refractivity contribution in [2.75, 3.05) is 0 Å². The first-order valence-electron chi connectivity index (χ1n) is 6.65. The van der Waals surface area contributed by atoms with Crippen molar-refractivity contribution in [2.24, 2.45) is 0 Å². The molecule has 2 nitrogen and oxygen atoms in total.